The number of anilines is 1. The van der Waals surface area contributed by atoms with Gasteiger partial charge in [0, 0.05) is 4.53 Å². The summed E-state index contributed by atoms with van der Waals surface area (Å²) in [6.45, 7) is -1.40. The Bertz CT molecular complexity index is 1430. The van der Waals surface area contributed by atoms with E-state index in [4.69, 9.17) is 33.5 Å². The number of ether oxygens (including phenoxy) is 3. The number of phosphoric acid groups is 1. The topological polar surface area (TPSA) is 183 Å². The van der Waals surface area contributed by atoms with E-state index in [1.54, 1.807) is 0 Å². The Morgan fingerprint density at radius 1 is 1.02 bits per heavy atom. The molecule has 2 aromatic carbocycles. The van der Waals surface area contributed by atoms with Crippen molar-refractivity contribution in [3.05, 3.63) is 65.2 Å². The van der Waals surface area contributed by atoms with E-state index in [0.717, 1.165) is 0 Å². The van der Waals surface area contributed by atoms with Gasteiger partial charge >= 0.3 is 13.5 Å². The molecule has 0 aliphatic carbocycles. The summed E-state index contributed by atoms with van der Waals surface area (Å²) in [4.78, 5) is 19.1. The average Bonchev–Trinajstić information content (AvgIpc) is 3.23. The molecule has 2 heterocycles. The lowest BCUT2D eigenvalue weighted by atomic mass is 9.96. The number of hydrogen-bond acceptors (Lipinski definition) is 13. The highest BCUT2D eigenvalue weighted by molar-refractivity contribution is 7.49. The quantitative estimate of drug-likeness (QED) is 0.252. The number of methoxy groups -OCH3 is 2. The van der Waals surface area contributed by atoms with Gasteiger partial charge in [0.05, 0.1) is 27.0 Å². The van der Waals surface area contributed by atoms with E-state index in [2.05, 4.69) is 9.93 Å². The molecule has 228 valence electrons. The molecule has 1 aliphatic rings. The van der Waals surface area contributed by atoms with Gasteiger partial charge in [0.2, 0.25) is 5.75 Å². The van der Waals surface area contributed by atoms with Crippen molar-refractivity contribution in [2.24, 2.45) is 0 Å². The number of nitrogens with two attached hydrogens (primary N) is 1. The Kier molecular flexibility index (Phi) is 9.18. The molecule has 1 saturated heterocycles. The summed E-state index contributed by atoms with van der Waals surface area (Å²) in [7, 11) is -2.04. The SMILES string of the molecule is COc1ccc(OP(=O)(OC[C@@]2(C(F)F)O[C@@H](n3cc(OF)c(N)nc3=O)[C@H](O)[C@@H]2O)Oc2ccc(OC)cc2)cc1. The van der Waals surface area contributed by atoms with Crippen LogP contribution >= 0.6 is 7.82 Å². The van der Waals surface area contributed by atoms with Crippen LogP contribution in [-0.2, 0) is 13.8 Å². The van der Waals surface area contributed by atoms with Gasteiger partial charge in [-0.15, -0.1) is 0 Å². The number of nitrogen functional groups attached to an aromatic ring is 1. The van der Waals surface area contributed by atoms with E-state index in [9.17, 15) is 32.9 Å². The molecule has 3 aromatic rings. The van der Waals surface area contributed by atoms with Crippen LogP contribution < -0.4 is 34.9 Å². The van der Waals surface area contributed by atoms with Crippen molar-refractivity contribution < 1.29 is 60.8 Å². The molecule has 1 fully saturated rings. The van der Waals surface area contributed by atoms with E-state index in [-0.39, 0.29) is 11.5 Å². The lowest BCUT2D eigenvalue weighted by molar-refractivity contribution is -0.193. The molecule has 0 saturated carbocycles. The third kappa shape index (κ3) is 6.24. The zero-order chi connectivity index (χ0) is 30.7. The summed E-state index contributed by atoms with van der Waals surface area (Å²) in [6.07, 6.45) is -9.74. The molecule has 14 nitrogen and oxygen atoms in total. The number of halogens is 3. The Morgan fingerprint density at radius 3 is 1.98 bits per heavy atom. The van der Waals surface area contributed by atoms with Crippen LogP contribution in [0.4, 0.5) is 19.1 Å². The molecule has 1 aliphatic heterocycles. The van der Waals surface area contributed by atoms with E-state index in [0.29, 0.717) is 22.3 Å². The number of aliphatic hydroxyl groups excluding tert-OH is 2. The number of alkyl halides is 2. The van der Waals surface area contributed by atoms with Crippen LogP contribution in [0.1, 0.15) is 6.23 Å². The van der Waals surface area contributed by atoms with E-state index in [1.807, 2.05) is 0 Å². The van der Waals surface area contributed by atoms with Gasteiger partial charge < -0.3 is 39.2 Å². The molecular weight excluding hydrogens is 594 g/mol. The number of nitrogens with zero attached hydrogens (tertiary/aromatic N) is 2. The predicted molar refractivity (Wildman–Crippen MR) is 136 cm³/mol. The van der Waals surface area contributed by atoms with Gasteiger partial charge in [-0.05, 0) is 48.5 Å². The van der Waals surface area contributed by atoms with Gasteiger partial charge in [0.25, 0.3) is 6.43 Å². The number of aliphatic hydroxyl groups is 2. The van der Waals surface area contributed by atoms with E-state index >= 15 is 0 Å². The van der Waals surface area contributed by atoms with Gasteiger partial charge in [0.1, 0.15) is 35.2 Å². The van der Waals surface area contributed by atoms with Crippen molar-refractivity contribution in [1.29, 1.82) is 0 Å². The first-order chi connectivity index (χ1) is 19.9. The smallest absolute Gasteiger partial charge is 0.497 e. The zero-order valence-electron chi connectivity index (χ0n) is 21.8. The van der Waals surface area contributed by atoms with E-state index in [1.165, 1.54) is 62.8 Å². The highest BCUT2D eigenvalue weighted by Crippen LogP contribution is 2.52. The predicted octanol–water partition coefficient (Wildman–Crippen LogP) is 2.64. The minimum absolute atomic E-state index is 0.0807. The number of rotatable bonds is 12. The van der Waals surface area contributed by atoms with Crippen molar-refractivity contribution in [3.63, 3.8) is 0 Å². The normalized spacial score (nSPS) is 22.1. The number of benzene rings is 2. The minimum atomic E-state index is -4.87. The average molecular weight is 619 g/mol. The van der Waals surface area contributed by atoms with Crippen molar-refractivity contribution >= 4 is 13.6 Å². The van der Waals surface area contributed by atoms with Crippen molar-refractivity contribution in [2.45, 2.75) is 30.5 Å². The second-order valence-corrected chi connectivity index (χ2v) is 10.2. The van der Waals surface area contributed by atoms with Crippen molar-refractivity contribution in [1.82, 2.24) is 9.55 Å². The molecule has 18 heteroatoms. The molecule has 0 radical (unpaired) electrons. The summed E-state index contributed by atoms with van der Waals surface area (Å²) in [6, 6.07) is 11.1. The highest BCUT2D eigenvalue weighted by Gasteiger charge is 2.62. The Hall–Kier alpha value is -4.02. The van der Waals surface area contributed by atoms with Crippen LogP contribution in [-0.4, -0.2) is 64.8 Å². The second-order valence-electron chi connectivity index (χ2n) is 8.71. The van der Waals surface area contributed by atoms with Crippen LogP contribution in [0, 0.1) is 0 Å². The van der Waals surface area contributed by atoms with Crippen molar-refractivity contribution in [2.75, 3.05) is 26.6 Å². The summed E-state index contributed by atoms with van der Waals surface area (Å²) in [5, 5.41) is 21.3. The first-order valence-corrected chi connectivity index (χ1v) is 13.3. The molecule has 42 heavy (non-hydrogen) atoms. The molecule has 4 rings (SSSR count). The maximum atomic E-state index is 14.5. The van der Waals surface area contributed by atoms with Crippen LogP contribution in [0.25, 0.3) is 0 Å². The lowest BCUT2D eigenvalue weighted by Gasteiger charge is -2.31. The van der Waals surface area contributed by atoms with Gasteiger partial charge in [-0.25, -0.2) is 18.1 Å². The van der Waals surface area contributed by atoms with Crippen LogP contribution in [0.2, 0.25) is 0 Å². The van der Waals surface area contributed by atoms with Gasteiger partial charge in [-0.2, -0.15) is 4.98 Å². The number of aromatic nitrogens is 2. The third-order valence-corrected chi connectivity index (χ3v) is 7.44. The summed E-state index contributed by atoms with van der Waals surface area (Å²) in [5.41, 5.74) is 0.998. The second kappa shape index (κ2) is 12.5. The number of hydrogen-bond donors (Lipinski definition) is 3. The zero-order valence-corrected chi connectivity index (χ0v) is 22.7. The Morgan fingerprint density at radius 2 is 1.52 bits per heavy atom. The summed E-state index contributed by atoms with van der Waals surface area (Å²) < 4.78 is 87.5. The van der Waals surface area contributed by atoms with Crippen LogP contribution in [0.15, 0.2) is 59.5 Å². The fraction of sp³-hybridized carbons (Fsp3) is 0.333. The third-order valence-electron chi connectivity index (χ3n) is 6.13. The summed E-state index contributed by atoms with van der Waals surface area (Å²) in [5.74, 6) is -0.798. The lowest BCUT2D eigenvalue weighted by Crippen LogP contribution is -2.52. The molecule has 1 aromatic heterocycles. The van der Waals surface area contributed by atoms with E-state index < -0.39 is 62.1 Å². The van der Waals surface area contributed by atoms with Crippen molar-refractivity contribution in [3.8, 4) is 28.7 Å². The largest absolute Gasteiger partial charge is 0.587 e. The monoisotopic (exact) mass is 619 g/mol. The first kappa shape index (κ1) is 30.9. The fourth-order valence-electron chi connectivity index (χ4n) is 3.88. The summed E-state index contributed by atoms with van der Waals surface area (Å²) >= 11 is 0. The molecule has 4 N–H and O–H groups in total. The molecular formula is C24H25F3N3O11P. The van der Waals surface area contributed by atoms with Gasteiger partial charge in [0.15, 0.2) is 17.6 Å². The maximum absolute atomic E-state index is 14.5. The number of phosphoric ester groups is 1. The standard InChI is InChI=1S/C24H25F3N3O11P/c1-35-13-3-7-15(8-4-13)40-42(34,41-16-9-5-14(36-2)6-10-16)37-12-24(22(25)26)19(32)18(31)21(38-24)30-11-17(39-27)20(28)29-23(30)33/h3-11,18-19,21-22,31-32H,12H2,1-2H3,(H2,28,29,33)/t18-,19+,21-,24-/m1/s1. The van der Waals surface area contributed by atoms with Crippen LogP contribution in [0.5, 0.6) is 28.7 Å². The molecule has 0 unspecified atom stereocenters. The van der Waals surface area contributed by atoms with Gasteiger partial charge in [-0.3, -0.25) is 14.0 Å². The highest BCUT2D eigenvalue weighted by atomic mass is 31.2. The van der Waals surface area contributed by atoms with Gasteiger partial charge in [-0.1, -0.05) is 0 Å². The molecule has 0 spiro atoms. The minimum Gasteiger partial charge on any atom is -0.497 e. The molecule has 0 bridgehead atoms. The Labute approximate surface area is 235 Å². The first-order valence-electron chi connectivity index (χ1n) is 11.9. The molecule has 4 atom stereocenters. The van der Waals surface area contributed by atoms with Crippen LogP contribution in [0.3, 0.4) is 0 Å². The Balaban J connectivity index is 1.65. The fourth-order valence-corrected chi connectivity index (χ4v) is 5.14. The molecule has 0 amide bonds. The maximum Gasteiger partial charge on any atom is 0.587 e.